The van der Waals surface area contributed by atoms with Crippen molar-refractivity contribution in [2.75, 3.05) is 18.0 Å². The first-order valence-corrected chi connectivity index (χ1v) is 11.5. The first-order valence-electron chi connectivity index (χ1n) is 11.5. The van der Waals surface area contributed by atoms with Crippen LogP contribution in [0.25, 0.3) is 6.08 Å². The van der Waals surface area contributed by atoms with Crippen molar-refractivity contribution in [1.82, 2.24) is 10.7 Å². The summed E-state index contributed by atoms with van der Waals surface area (Å²) in [7, 11) is 0. The fraction of sp³-hybridized carbons (Fsp3) is 0.143. The van der Waals surface area contributed by atoms with Gasteiger partial charge in [0.05, 0.1) is 11.8 Å². The lowest BCUT2D eigenvalue weighted by atomic mass is 10.1. The standard InChI is InChI=1S/C28H28N4O4/c1-3-32(4-2)24-16-12-20(13-17-24)18-25(30-26(33)22-8-6-5-7-9-22)27(34)31-29-19-21-10-14-23(15-11-21)28(35)36/h5-19H,3-4H2,1-2H3,(H,30,33)(H,31,34)(H,35,36)/b25-18+,29-19+. The van der Waals surface area contributed by atoms with Crippen LogP contribution in [0.2, 0.25) is 0 Å². The number of hydrazone groups is 1. The Bertz CT molecular complexity index is 1250. The quantitative estimate of drug-likeness (QED) is 0.227. The molecule has 0 saturated heterocycles. The molecule has 0 aliphatic carbocycles. The molecule has 0 spiro atoms. The lowest BCUT2D eigenvalue weighted by molar-refractivity contribution is -0.117. The Morgan fingerprint density at radius 3 is 2.03 bits per heavy atom. The van der Waals surface area contributed by atoms with Gasteiger partial charge in [0, 0.05) is 24.3 Å². The fourth-order valence-electron chi connectivity index (χ4n) is 3.42. The summed E-state index contributed by atoms with van der Waals surface area (Å²) in [6.07, 6.45) is 2.97. The largest absolute Gasteiger partial charge is 0.478 e. The van der Waals surface area contributed by atoms with E-state index in [4.69, 9.17) is 5.11 Å². The van der Waals surface area contributed by atoms with Crippen LogP contribution in [-0.2, 0) is 4.79 Å². The zero-order chi connectivity index (χ0) is 25.9. The van der Waals surface area contributed by atoms with Gasteiger partial charge in [0.2, 0.25) is 0 Å². The molecule has 3 rings (SSSR count). The van der Waals surface area contributed by atoms with Crippen molar-refractivity contribution in [1.29, 1.82) is 0 Å². The van der Waals surface area contributed by atoms with Crippen LogP contribution < -0.4 is 15.6 Å². The zero-order valence-corrected chi connectivity index (χ0v) is 20.1. The van der Waals surface area contributed by atoms with Crippen LogP contribution in [0.3, 0.4) is 0 Å². The number of carbonyl (C=O) groups excluding carboxylic acids is 2. The van der Waals surface area contributed by atoms with Gasteiger partial charge >= 0.3 is 5.97 Å². The molecule has 0 atom stereocenters. The monoisotopic (exact) mass is 484 g/mol. The smallest absolute Gasteiger partial charge is 0.335 e. The summed E-state index contributed by atoms with van der Waals surface area (Å²) in [5, 5.41) is 15.6. The van der Waals surface area contributed by atoms with Gasteiger partial charge in [0.25, 0.3) is 11.8 Å². The van der Waals surface area contributed by atoms with Gasteiger partial charge < -0.3 is 15.3 Å². The molecule has 36 heavy (non-hydrogen) atoms. The predicted octanol–water partition coefficient (Wildman–Crippen LogP) is 4.15. The van der Waals surface area contributed by atoms with E-state index in [2.05, 4.69) is 34.6 Å². The van der Waals surface area contributed by atoms with E-state index in [0.29, 0.717) is 11.1 Å². The molecule has 3 aromatic rings. The molecule has 0 unspecified atom stereocenters. The average molecular weight is 485 g/mol. The van der Waals surface area contributed by atoms with Gasteiger partial charge in [-0.1, -0.05) is 42.5 Å². The maximum Gasteiger partial charge on any atom is 0.335 e. The van der Waals surface area contributed by atoms with Crippen molar-refractivity contribution in [2.45, 2.75) is 13.8 Å². The number of hydrogen-bond donors (Lipinski definition) is 3. The molecule has 3 aromatic carbocycles. The van der Waals surface area contributed by atoms with Crippen LogP contribution in [0.1, 0.15) is 45.7 Å². The molecular weight excluding hydrogens is 456 g/mol. The third kappa shape index (κ3) is 7.14. The van der Waals surface area contributed by atoms with Crippen LogP contribution in [0.15, 0.2) is 89.7 Å². The molecule has 8 heteroatoms. The Morgan fingerprint density at radius 1 is 0.833 bits per heavy atom. The summed E-state index contributed by atoms with van der Waals surface area (Å²) in [6.45, 7) is 5.92. The Morgan fingerprint density at radius 2 is 1.44 bits per heavy atom. The number of carboxylic acid groups (broad SMARTS) is 1. The highest BCUT2D eigenvalue weighted by atomic mass is 16.4. The summed E-state index contributed by atoms with van der Waals surface area (Å²) in [5.74, 6) is -2.06. The molecule has 0 aliphatic rings. The number of amides is 2. The van der Waals surface area contributed by atoms with Crippen LogP contribution in [0.4, 0.5) is 5.69 Å². The van der Waals surface area contributed by atoms with Crippen molar-refractivity contribution in [3.8, 4) is 0 Å². The normalized spacial score (nSPS) is 11.2. The Hall–Kier alpha value is -4.72. The number of hydrogen-bond acceptors (Lipinski definition) is 5. The maximum atomic E-state index is 12.9. The Labute approximate surface area is 210 Å². The lowest BCUT2D eigenvalue weighted by Crippen LogP contribution is -2.32. The van der Waals surface area contributed by atoms with E-state index >= 15 is 0 Å². The van der Waals surface area contributed by atoms with Gasteiger partial charge in [-0.05, 0) is 67.4 Å². The molecule has 0 aromatic heterocycles. The second-order valence-electron chi connectivity index (χ2n) is 7.77. The molecule has 0 fully saturated rings. The highest BCUT2D eigenvalue weighted by Crippen LogP contribution is 2.16. The average Bonchev–Trinajstić information content (AvgIpc) is 2.90. The SMILES string of the molecule is CCN(CC)c1ccc(/C=C(/NC(=O)c2ccccc2)C(=O)N/N=C/c2ccc(C(=O)O)cc2)cc1. The molecule has 0 saturated carbocycles. The highest BCUT2D eigenvalue weighted by Gasteiger charge is 2.14. The predicted molar refractivity (Wildman–Crippen MR) is 141 cm³/mol. The van der Waals surface area contributed by atoms with Crippen molar-refractivity contribution >= 4 is 35.8 Å². The van der Waals surface area contributed by atoms with Gasteiger partial charge in [-0.25, -0.2) is 10.2 Å². The van der Waals surface area contributed by atoms with E-state index in [1.807, 2.05) is 24.3 Å². The number of carboxylic acids is 1. The van der Waals surface area contributed by atoms with Gasteiger partial charge in [-0.2, -0.15) is 5.10 Å². The van der Waals surface area contributed by atoms with Gasteiger partial charge in [0.15, 0.2) is 0 Å². The topological polar surface area (TPSA) is 111 Å². The van der Waals surface area contributed by atoms with Crippen LogP contribution in [-0.4, -0.2) is 42.2 Å². The number of rotatable bonds is 10. The minimum Gasteiger partial charge on any atom is -0.478 e. The van der Waals surface area contributed by atoms with Crippen LogP contribution >= 0.6 is 0 Å². The minimum absolute atomic E-state index is 0.0258. The van der Waals surface area contributed by atoms with Crippen LogP contribution in [0.5, 0.6) is 0 Å². The molecular formula is C28H28N4O4. The summed E-state index contributed by atoms with van der Waals surface area (Å²) in [4.78, 5) is 38.8. The highest BCUT2D eigenvalue weighted by molar-refractivity contribution is 6.05. The first kappa shape index (κ1) is 25.9. The number of nitrogens with zero attached hydrogens (tertiary/aromatic N) is 2. The van der Waals surface area contributed by atoms with Gasteiger partial charge in [0.1, 0.15) is 5.70 Å². The summed E-state index contributed by atoms with van der Waals surface area (Å²) < 4.78 is 0. The van der Waals surface area contributed by atoms with Crippen LogP contribution in [0, 0.1) is 0 Å². The molecule has 2 amide bonds. The van der Waals surface area contributed by atoms with Crippen molar-refractivity contribution < 1.29 is 19.5 Å². The Balaban J connectivity index is 1.80. The number of anilines is 1. The molecule has 3 N–H and O–H groups in total. The fourth-order valence-corrected chi connectivity index (χ4v) is 3.42. The third-order valence-electron chi connectivity index (χ3n) is 5.40. The van der Waals surface area contributed by atoms with E-state index in [1.165, 1.54) is 18.3 Å². The first-order chi connectivity index (χ1) is 17.4. The number of aromatic carboxylic acids is 1. The second kappa shape index (κ2) is 12.7. The van der Waals surface area contributed by atoms with E-state index in [1.54, 1.807) is 48.5 Å². The summed E-state index contributed by atoms with van der Waals surface area (Å²) in [6, 6.07) is 22.3. The lowest BCUT2D eigenvalue weighted by Gasteiger charge is -2.20. The van der Waals surface area contributed by atoms with Crippen molar-refractivity contribution in [3.63, 3.8) is 0 Å². The third-order valence-corrected chi connectivity index (χ3v) is 5.40. The zero-order valence-electron chi connectivity index (χ0n) is 20.1. The molecule has 0 aliphatic heterocycles. The molecule has 0 heterocycles. The van der Waals surface area contributed by atoms with E-state index < -0.39 is 17.8 Å². The van der Waals surface area contributed by atoms with E-state index in [0.717, 1.165) is 24.3 Å². The number of nitrogens with one attached hydrogen (secondary N) is 2. The molecule has 8 nitrogen and oxygen atoms in total. The van der Waals surface area contributed by atoms with E-state index in [-0.39, 0.29) is 11.3 Å². The molecule has 0 radical (unpaired) electrons. The summed E-state index contributed by atoms with van der Waals surface area (Å²) in [5.41, 5.74) is 5.41. The van der Waals surface area contributed by atoms with Gasteiger partial charge in [-0.15, -0.1) is 0 Å². The molecule has 0 bridgehead atoms. The second-order valence-corrected chi connectivity index (χ2v) is 7.77. The number of benzene rings is 3. The summed E-state index contributed by atoms with van der Waals surface area (Å²) >= 11 is 0. The van der Waals surface area contributed by atoms with E-state index in [9.17, 15) is 14.4 Å². The Kier molecular flexibility index (Phi) is 9.11. The maximum absolute atomic E-state index is 12.9. The van der Waals surface area contributed by atoms with Gasteiger partial charge in [-0.3, -0.25) is 9.59 Å². The van der Waals surface area contributed by atoms with Crippen molar-refractivity contribution in [3.05, 3.63) is 107 Å². The number of carbonyl (C=O) groups is 3. The van der Waals surface area contributed by atoms with Crippen molar-refractivity contribution in [2.24, 2.45) is 5.10 Å². The minimum atomic E-state index is -1.03. The molecule has 184 valence electrons.